The van der Waals surface area contributed by atoms with E-state index in [-0.39, 0.29) is 17.5 Å². The van der Waals surface area contributed by atoms with Crippen molar-refractivity contribution < 1.29 is 13.9 Å². The number of nitrogens with zero attached hydrogens (tertiary/aromatic N) is 1. The highest BCUT2D eigenvalue weighted by Crippen LogP contribution is 2.42. The molecule has 5 heteroatoms. The summed E-state index contributed by atoms with van der Waals surface area (Å²) < 4.78 is 11.8. The lowest BCUT2D eigenvalue weighted by Gasteiger charge is -2.28. The molecular formula is C23H23NO4. The van der Waals surface area contributed by atoms with Gasteiger partial charge in [0.05, 0.1) is 17.4 Å². The summed E-state index contributed by atoms with van der Waals surface area (Å²) >= 11 is 0. The van der Waals surface area contributed by atoms with Crippen LogP contribution in [0.25, 0.3) is 11.0 Å². The van der Waals surface area contributed by atoms with Crippen molar-refractivity contribution in [3.63, 3.8) is 0 Å². The fourth-order valence-corrected chi connectivity index (χ4v) is 3.86. The van der Waals surface area contributed by atoms with Crippen molar-refractivity contribution in [1.29, 1.82) is 0 Å². The third-order valence-corrected chi connectivity index (χ3v) is 5.34. The van der Waals surface area contributed by atoms with Crippen molar-refractivity contribution in [3.05, 3.63) is 69.1 Å². The number of fused-ring (bicyclic) bond motifs is 3. The molecular weight excluding hydrogens is 354 g/mol. The van der Waals surface area contributed by atoms with E-state index in [1.807, 2.05) is 57.1 Å². The second-order valence-corrected chi connectivity index (χ2v) is 7.43. The van der Waals surface area contributed by atoms with E-state index in [0.29, 0.717) is 29.7 Å². The van der Waals surface area contributed by atoms with Crippen molar-refractivity contribution in [3.8, 4) is 5.75 Å². The highest BCUT2D eigenvalue weighted by Gasteiger charge is 2.32. The first-order valence-corrected chi connectivity index (χ1v) is 9.46. The van der Waals surface area contributed by atoms with Crippen LogP contribution in [0.1, 0.15) is 46.5 Å². The van der Waals surface area contributed by atoms with E-state index >= 15 is 0 Å². The number of Topliss-reactive ketones (excluding diaryl/α,β-unsaturated/α-hetero) is 1. The Bertz CT molecular complexity index is 1130. The highest BCUT2D eigenvalue weighted by atomic mass is 16.5. The minimum absolute atomic E-state index is 0.0515. The van der Waals surface area contributed by atoms with Gasteiger partial charge in [-0.3, -0.25) is 4.79 Å². The van der Waals surface area contributed by atoms with Crippen LogP contribution < -0.4 is 15.3 Å². The third kappa shape index (κ3) is 2.97. The number of carbonyl (C=O) groups is 1. The van der Waals surface area contributed by atoms with Gasteiger partial charge in [-0.15, -0.1) is 0 Å². The summed E-state index contributed by atoms with van der Waals surface area (Å²) in [5.74, 6) is 0.587. The van der Waals surface area contributed by atoms with Gasteiger partial charge in [0, 0.05) is 25.8 Å². The van der Waals surface area contributed by atoms with Crippen LogP contribution in [-0.2, 0) is 6.42 Å². The van der Waals surface area contributed by atoms with Gasteiger partial charge in [-0.25, -0.2) is 4.79 Å². The van der Waals surface area contributed by atoms with Gasteiger partial charge in [0.1, 0.15) is 17.4 Å². The normalized spacial score (nSPS) is 16.0. The van der Waals surface area contributed by atoms with Crippen LogP contribution in [0.3, 0.4) is 0 Å². The molecule has 5 nitrogen and oxygen atoms in total. The smallest absolute Gasteiger partial charge is 0.336 e. The molecule has 2 heterocycles. The average molecular weight is 377 g/mol. The maximum absolute atomic E-state index is 13.0. The lowest BCUT2D eigenvalue weighted by atomic mass is 9.90. The summed E-state index contributed by atoms with van der Waals surface area (Å²) in [4.78, 5) is 26.9. The van der Waals surface area contributed by atoms with Crippen molar-refractivity contribution in [2.24, 2.45) is 0 Å². The Balaban J connectivity index is 1.87. The molecule has 0 unspecified atom stereocenters. The topological polar surface area (TPSA) is 59.8 Å². The number of hydrogen-bond acceptors (Lipinski definition) is 5. The molecule has 0 spiro atoms. The molecule has 1 aliphatic heterocycles. The van der Waals surface area contributed by atoms with Crippen molar-refractivity contribution in [1.82, 2.24) is 0 Å². The van der Waals surface area contributed by atoms with E-state index in [1.54, 1.807) is 6.07 Å². The summed E-state index contributed by atoms with van der Waals surface area (Å²) in [5.41, 5.74) is 4.32. The number of aryl methyl sites for hydroxylation is 2. The van der Waals surface area contributed by atoms with E-state index < -0.39 is 0 Å². The van der Waals surface area contributed by atoms with Crippen molar-refractivity contribution in [2.75, 3.05) is 19.0 Å². The molecule has 28 heavy (non-hydrogen) atoms. The molecule has 0 N–H and O–H groups in total. The maximum atomic E-state index is 13.0. The summed E-state index contributed by atoms with van der Waals surface area (Å²) in [6, 6.07) is 11.3. The van der Waals surface area contributed by atoms with E-state index in [9.17, 15) is 9.59 Å². The second kappa shape index (κ2) is 6.82. The Labute approximate surface area is 163 Å². The molecule has 3 aromatic rings. The number of carbonyl (C=O) groups excluding carboxylic acids is 1. The predicted octanol–water partition coefficient (Wildman–Crippen LogP) is 4.44. The largest absolute Gasteiger partial charge is 0.484 e. The number of rotatable bonds is 3. The van der Waals surface area contributed by atoms with Crippen LogP contribution in [0.4, 0.5) is 5.69 Å². The first kappa shape index (κ1) is 18.3. The highest BCUT2D eigenvalue weighted by molar-refractivity contribution is 6.07. The summed E-state index contributed by atoms with van der Waals surface area (Å²) in [5, 5.41) is 0.727. The number of anilines is 1. The third-order valence-electron chi connectivity index (χ3n) is 5.34. The number of hydrogen-bond donors (Lipinski definition) is 0. The van der Waals surface area contributed by atoms with Gasteiger partial charge < -0.3 is 14.1 Å². The molecule has 2 aromatic carbocycles. The Hall–Kier alpha value is -3.08. The van der Waals surface area contributed by atoms with E-state index in [1.165, 1.54) is 6.07 Å². The standard InChI is InChI=1S/C23H23NO4/c1-5-14-11-20(26)27-19-10-13(2)21-17(25)12-18(28-23(21)22(14)19)15-6-8-16(9-7-15)24(3)4/h6-11,18H,5,12H2,1-4H3/t18-/m1/s1. The first-order chi connectivity index (χ1) is 13.4. The average Bonchev–Trinajstić information content (AvgIpc) is 2.66. The molecule has 1 atom stereocenters. The number of ether oxygens (including phenoxy) is 1. The van der Waals surface area contributed by atoms with Crippen LogP contribution >= 0.6 is 0 Å². The minimum atomic E-state index is -0.387. The zero-order chi connectivity index (χ0) is 20.0. The van der Waals surface area contributed by atoms with Crippen molar-refractivity contribution in [2.45, 2.75) is 32.8 Å². The number of ketones is 1. The molecule has 1 aliphatic rings. The monoisotopic (exact) mass is 377 g/mol. The maximum Gasteiger partial charge on any atom is 0.336 e. The van der Waals surface area contributed by atoms with Gasteiger partial charge in [0.15, 0.2) is 5.78 Å². The molecule has 1 aromatic heterocycles. The van der Waals surface area contributed by atoms with Crippen molar-refractivity contribution >= 4 is 22.4 Å². The minimum Gasteiger partial charge on any atom is -0.484 e. The van der Waals surface area contributed by atoms with Gasteiger partial charge in [-0.2, -0.15) is 0 Å². The van der Waals surface area contributed by atoms with E-state index in [2.05, 4.69) is 0 Å². The Kier molecular flexibility index (Phi) is 4.46. The van der Waals surface area contributed by atoms with Crippen LogP contribution in [0.5, 0.6) is 5.75 Å². The van der Waals surface area contributed by atoms with Crippen LogP contribution in [0.2, 0.25) is 0 Å². The van der Waals surface area contributed by atoms with E-state index in [4.69, 9.17) is 9.15 Å². The molecule has 0 saturated heterocycles. The molecule has 0 radical (unpaired) electrons. The Morgan fingerprint density at radius 2 is 1.82 bits per heavy atom. The molecule has 0 fully saturated rings. The molecule has 0 aliphatic carbocycles. The molecule has 0 amide bonds. The second-order valence-electron chi connectivity index (χ2n) is 7.43. The fourth-order valence-electron chi connectivity index (χ4n) is 3.86. The van der Waals surface area contributed by atoms with Gasteiger partial charge in [0.25, 0.3) is 0 Å². The molecule has 0 saturated carbocycles. The quantitative estimate of drug-likeness (QED) is 0.632. The lowest BCUT2D eigenvalue weighted by Crippen LogP contribution is -2.22. The SMILES string of the molecule is CCc1cc(=O)oc2cc(C)c3c(c12)O[C@@H](c1ccc(N(C)C)cc1)CC3=O. The Morgan fingerprint density at radius 1 is 1.11 bits per heavy atom. The van der Waals surface area contributed by atoms with Gasteiger partial charge >= 0.3 is 5.63 Å². The van der Waals surface area contributed by atoms with Crippen LogP contribution in [-0.4, -0.2) is 19.9 Å². The zero-order valence-electron chi connectivity index (χ0n) is 16.5. The van der Waals surface area contributed by atoms with Gasteiger partial charge in [0.2, 0.25) is 0 Å². The summed E-state index contributed by atoms with van der Waals surface area (Å²) in [7, 11) is 3.97. The van der Waals surface area contributed by atoms with Gasteiger partial charge in [-0.1, -0.05) is 19.1 Å². The fraction of sp³-hybridized carbons (Fsp3) is 0.304. The predicted molar refractivity (Wildman–Crippen MR) is 110 cm³/mol. The summed E-state index contributed by atoms with van der Waals surface area (Å²) in [6.45, 7) is 3.83. The first-order valence-electron chi connectivity index (χ1n) is 9.46. The van der Waals surface area contributed by atoms with Gasteiger partial charge in [-0.05, 0) is 48.2 Å². The Morgan fingerprint density at radius 3 is 2.46 bits per heavy atom. The van der Waals surface area contributed by atoms with Crippen LogP contribution in [0, 0.1) is 6.92 Å². The molecule has 4 rings (SSSR count). The lowest BCUT2D eigenvalue weighted by molar-refractivity contribution is 0.0852. The zero-order valence-corrected chi connectivity index (χ0v) is 16.5. The van der Waals surface area contributed by atoms with Crippen LogP contribution in [0.15, 0.2) is 45.6 Å². The number of benzene rings is 2. The summed E-state index contributed by atoms with van der Waals surface area (Å²) in [6.07, 6.45) is 0.578. The molecule has 144 valence electrons. The van der Waals surface area contributed by atoms with E-state index in [0.717, 1.165) is 27.8 Å². The molecule has 0 bridgehead atoms.